The summed E-state index contributed by atoms with van der Waals surface area (Å²) in [5.41, 5.74) is 12.2. The van der Waals surface area contributed by atoms with E-state index in [0.29, 0.717) is 29.0 Å². The van der Waals surface area contributed by atoms with Crippen LogP contribution < -0.4 is 11.1 Å². The van der Waals surface area contributed by atoms with Crippen molar-refractivity contribution in [3.05, 3.63) is 65.7 Å². The Morgan fingerprint density at radius 3 is 2.38 bits per heavy atom. The molecule has 0 spiro atoms. The van der Waals surface area contributed by atoms with Crippen molar-refractivity contribution in [2.75, 3.05) is 44.3 Å². The van der Waals surface area contributed by atoms with Crippen molar-refractivity contribution >= 4 is 51.0 Å². The van der Waals surface area contributed by atoms with Crippen LogP contribution >= 0.6 is 11.6 Å². The van der Waals surface area contributed by atoms with Gasteiger partial charge in [0.2, 0.25) is 5.95 Å². The van der Waals surface area contributed by atoms with Gasteiger partial charge in [-0.2, -0.15) is 0 Å². The number of nitrogens with two attached hydrogens (primary N) is 1. The average molecular weight is 582 g/mol. The molecular formula is C32H36ClN9. The second kappa shape index (κ2) is 11.1. The Labute approximate surface area is 250 Å². The highest BCUT2D eigenvalue weighted by molar-refractivity contribution is 6.34. The van der Waals surface area contributed by atoms with Gasteiger partial charge in [-0.1, -0.05) is 35.9 Å². The molecule has 1 saturated heterocycles. The van der Waals surface area contributed by atoms with Gasteiger partial charge in [0, 0.05) is 61.1 Å². The number of aromatic nitrogens is 5. The standard InChI is InChI=1S/C32H36ClN9/c1-20-4-3-5-26-27(20)29(33)39-32(38-26)37-22-8-6-21(7-9-22)25-18-42(31-28(25)30(34)35-19-36-31)24-12-10-23(11-13-24)41-16-14-40(2)15-17-41/h3-9,18-19,23-24H,10-17H2,1-2H3,(H2,34,35,36)(H,37,38,39)/t23-,24-. The Bertz CT molecular complexity index is 1730. The van der Waals surface area contributed by atoms with E-state index in [1.54, 1.807) is 6.33 Å². The fourth-order valence-corrected chi connectivity index (χ4v) is 7.04. The first-order valence-electron chi connectivity index (χ1n) is 14.8. The van der Waals surface area contributed by atoms with Gasteiger partial charge in [0.1, 0.15) is 22.9 Å². The topological polar surface area (TPSA) is 101 Å². The summed E-state index contributed by atoms with van der Waals surface area (Å²) in [6, 6.07) is 15.2. The summed E-state index contributed by atoms with van der Waals surface area (Å²) in [4.78, 5) is 23.3. The first kappa shape index (κ1) is 27.1. The number of benzene rings is 2. The van der Waals surface area contributed by atoms with E-state index in [1.807, 2.05) is 37.3 Å². The van der Waals surface area contributed by atoms with E-state index in [2.05, 4.69) is 60.0 Å². The lowest BCUT2D eigenvalue weighted by atomic mass is 9.89. The maximum atomic E-state index is 6.51. The molecule has 0 amide bonds. The lowest BCUT2D eigenvalue weighted by Gasteiger charge is -2.41. The van der Waals surface area contributed by atoms with Crippen LogP contribution in [-0.2, 0) is 0 Å². The Kier molecular flexibility index (Phi) is 7.17. The molecule has 42 heavy (non-hydrogen) atoms. The van der Waals surface area contributed by atoms with Crippen LogP contribution in [-0.4, -0.2) is 73.6 Å². The largest absolute Gasteiger partial charge is 0.383 e. The minimum atomic E-state index is 0.402. The van der Waals surface area contributed by atoms with Gasteiger partial charge >= 0.3 is 0 Å². The van der Waals surface area contributed by atoms with Crippen molar-refractivity contribution in [1.29, 1.82) is 0 Å². The minimum Gasteiger partial charge on any atom is -0.383 e. The highest BCUT2D eigenvalue weighted by Crippen LogP contribution is 2.39. The van der Waals surface area contributed by atoms with Crippen molar-refractivity contribution in [3.63, 3.8) is 0 Å². The summed E-state index contributed by atoms with van der Waals surface area (Å²) in [5.74, 6) is 0.976. The normalized spacial score (nSPS) is 20.4. The van der Waals surface area contributed by atoms with E-state index < -0.39 is 0 Å². The number of likely N-dealkylation sites (N-methyl/N-ethyl adjacent to an activating group) is 1. The number of rotatable bonds is 5. The van der Waals surface area contributed by atoms with Gasteiger partial charge in [-0.15, -0.1) is 0 Å². The fourth-order valence-electron chi connectivity index (χ4n) is 6.71. The average Bonchev–Trinajstić information content (AvgIpc) is 3.39. The second-order valence-corrected chi connectivity index (χ2v) is 12.1. The van der Waals surface area contributed by atoms with Crippen molar-refractivity contribution in [2.45, 2.75) is 44.7 Å². The number of nitrogens with one attached hydrogen (secondary N) is 1. The molecule has 2 fully saturated rings. The fraction of sp³-hybridized carbons (Fsp3) is 0.375. The van der Waals surface area contributed by atoms with Gasteiger partial charge in [0.15, 0.2) is 0 Å². The predicted molar refractivity (Wildman–Crippen MR) is 170 cm³/mol. The number of hydrogen-bond donors (Lipinski definition) is 2. The molecule has 1 saturated carbocycles. The third-order valence-corrected chi connectivity index (χ3v) is 9.37. The third kappa shape index (κ3) is 5.06. The molecule has 3 aromatic heterocycles. The number of nitrogens with zero attached hydrogens (tertiary/aromatic N) is 7. The monoisotopic (exact) mass is 581 g/mol. The highest BCUT2D eigenvalue weighted by atomic mass is 35.5. The second-order valence-electron chi connectivity index (χ2n) is 11.7. The molecule has 3 N–H and O–H groups in total. The quantitative estimate of drug-likeness (QED) is 0.242. The van der Waals surface area contributed by atoms with Crippen molar-refractivity contribution in [3.8, 4) is 11.1 Å². The predicted octanol–water partition coefficient (Wildman–Crippen LogP) is 6.06. The number of hydrogen-bond acceptors (Lipinski definition) is 8. The first-order valence-corrected chi connectivity index (χ1v) is 15.2. The molecule has 0 bridgehead atoms. The van der Waals surface area contributed by atoms with Crippen LogP contribution in [0.3, 0.4) is 0 Å². The smallest absolute Gasteiger partial charge is 0.229 e. The van der Waals surface area contributed by atoms with Gasteiger partial charge < -0.3 is 20.5 Å². The van der Waals surface area contributed by atoms with Crippen molar-refractivity contribution in [2.24, 2.45) is 0 Å². The molecule has 4 heterocycles. The summed E-state index contributed by atoms with van der Waals surface area (Å²) in [6.07, 6.45) is 8.52. The summed E-state index contributed by atoms with van der Waals surface area (Å²) >= 11 is 6.51. The van der Waals surface area contributed by atoms with Crippen LogP contribution in [0.15, 0.2) is 55.0 Å². The number of halogens is 1. The number of fused-ring (bicyclic) bond motifs is 2. The van der Waals surface area contributed by atoms with E-state index in [9.17, 15) is 0 Å². The van der Waals surface area contributed by atoms with E-state index in [0.717, 1.165) is 57.2 Å². The van der Waals surface area contributed by atoms with Gasteiger partial charge in [-0.3, -0.25) is 4.90 Å². The van der Waals surface area contributed by atoms with Crippen LogP contribution in [0, 0.1) is 6.92 Å². The number of aryl methyl sites for hydroxylation is 1. The Morgan fingerprint density at radius 2 is 1.62 bits per heavy atom. The molecule has 0 atom stereocenters. The minimum absolute atomic E-state index is 0.402. The molecule has 0 unspecified atom stereocenters. The molecule has 7 rings (SSSR count). The Morgan fingerprint density at radius 1 is 0.881 bits per heavy atom. The summed E-state index contributed by atoms with van der Waals surface area (Å²) in [7, 11) is 2.22. The number of nitrogen functional groups attached to an aromatic ring is 1. The van der Waals surface area contributed by atoms with E-state index in [1.165, 1.54) is 39.0 Å². The van der Waals surface area contributed by atoms with Crippen LogP contribution in [0.5, 0.6) is 0 Å². The van der Waals surface area contributed by atoms with Crippen LogP contribution in [0.1, 0.15) is 37.3 Å². The number of anilines is 3. The Balaban J connectivity index is 1.13. The van der Waals surface area contributed by atoms with Gasteiger partial charge in [-0.25, -0.2) is 19.9 Å². The molecule has 5 aromatic rings. The Hall–Kier alpha value is -3.79. The zero-order valence-electron chi connectivity index (χ0n) is 24.1. The summed E-state index contributed by atoms with van der Waals surface area (Å²) < 4.78 is 2.35. The van der Waals surface area contributed by atoms with Crippen LogP contribution in [0.4, 0.5) is 17.5 Å². The SMILES string of the molecule is Cc1cccc2nc(Nc3ccc(-c4cn([C@H]5CC[C@H](N6CCN(C)CC6)CC5)c5ncnc(N)c45)cc3)nc(Cl)c12. The van der Waals surface area contributed by atoms with E-state index in [4.69, 9.17) is 22.3 Å². The van der Waals surface area contributed by atoms with Gasteiger partial charge in [-0.05, 0) is 69.0 Å². The van der Waals surface area contributed by atoms with Gasteiger partial charge in [0.05, 0.1) is 10.9 Å². The maximum absolute atomic E-state index is 6.51. The lowest BCUT2D eigenvalue weighted by Crippen LogP contribution is -2.49. The molecule has 1 aliphatic carbocycles. The zero-order valence-corrected chi connectivity index (χ0v) is 24.8. The summed E-state index contributed by atoms with van der Waals surface area (Å²) in [5, 5.41) is 5.54. The molecule has 2 aromatic carbocycles. The van der Waals surface area contributed by atoms with Gasteiger partial charge in [0.25, 0.3) is 0 Å². The molecule has 9 nitrogen and oxygen atoms in total. The maximum Gasteiger partial charge on any atom is 0.229 e. The van der Waals surface area contributed by atoms with E-state index >= 15 is 0 Å². The molecule has 10 heteroatoms. The molecule has 216 valence electrons. The molecule has 0 radical (unpaired) electrons. The van der Waals surface area contributed by atoms with Crippen molar-refractivity contribution < 1.29 is 0 Å². The van der Waals surface area contributed by atoms with Crippen LogP contribution in [0.2, 0.25) is 5.15 Å². The first-order chi connectivity index (χ1) is 20.4. The molecule has 1 aliphatic heterocycles. The molecule has 2 aliphatic rings. The lowest BCUT2D eigenvalue weighted by molar-refractivity contribution is 0.0828. The zero-order chi connectivity index (χ0) is 28.8. The van der Waals surface area contributed by atoms with Crippen molar-refractivity contribution in [1.82, 2.24) is 34.3 Å². The molecular weight excluding hydrogens is 546 g/mol. The highest BCUT2D eigenvalue weighted by Gasteiger charge is 2.30. The van der Waals surface area contributed by atoms with E-state index in [-0.39, 0.29) is 0 Å². The number of piperazine rings is 1. The summed E-state index contributed by atoms with van der Waals surface area (Å²) in [6.45, 7) is 6.70. The third-order valence-electron chi connectivity index (χ3n) is 9.09. The van der Waals surface area contributed by atoms with Crippen LogP contribution in [0.25, 0.3) is 33.1 Å².